The van der Waals surface area contributed by atoms with E-state index in [4.69, 9.17) is 4.74 Å². The molecule has 0 bridgehead atoms. The van der Waals surface area contributed by atoms with E-state index in [0.717, 1.165) is 13.0 Å². The van der Waals surface area contributed by atoms with Crippen LogP contribution in [0.2, 0.25) is 0 Å². The monoisotopic (exact) mass is 171 g/mol. The van der Waals surface area contributed by atoms with Crippen LogP contribution in [0.1, 0.15) is 27.2 Å². The maximum Gasteiger partial charge on any atom is 0.217 e. The Hall–Kier alpha value is -0.570. The van der Waals surface area contributed by atoms with Crippen LogP contribution < -0.4 is 5.32 Å². The van der Waals surface area contributed by atoms with Crippen molar-refractivity contribution in [2.24, 2.45) is 5.92 Å². The van der Waals surface area contributed by atoms with Gasteiger partial charge in [-0.05, 0) is 19.3 Å². The first-order valence-electron chi connectivity index (χ1n) is 4.48. The third kappa shape index (κ3) is 2.48. The van der Waals surface area contributed by atoms with Gasteiger partial charge >= 0.3 is 0 Å². The van der Waals surface area contributed by atoms with Crippen molar-refractivity contribution < 1.29 is 9.53 Å². The van der Waals surface area contributed by atoms with Gasteiger partial charge in [0.25, 0.3) is 0 Å². The van der Waals surface area contributed by atoms with Gasteiger partial charge in [0.15, 0.2) is 0 Å². The number of hydrogen-bond acceptors (Lipinski definition) is 2. The highest BCUT2D eigenvalue weighted by Gasteiger charge is 2.26. The van der Waals surface area contributed by atoms with Gasteiger partial charge in [0, 0.05) is 13.5 Å². The molecule has 0 aromatic heterocycles. The van der Waals surface area contributed by atoms with E-state index < -0.39 is 0 Å². The Labute approximate surface area is 73.5 Å². The summed E-state index contributed by atoms with van der Waals surface area (Å²) in [6, 6.07) is 0.200. The van der Waals surface area contributed by atoms with Crippen LogP contribution in [0.4, 0.5) is 0 Å². The van der Waals surface area contributed by atoms with Crippen molar-refractivity contribution >= 4 is 5.91 Å². The SMILES string of the molecule is CC(=O)NC1CC(C)COC1C. The van der Waals surface area contributed by atoms with Crippen LogP contribution in [0.15, 0.2) is 0 Å². The summed E-state index contributed by atoms with van der Waals surface area (Å²) in [5.74, 6) is 0.586. The number of carbonyl (C=O) groups excluding carboxylic acids is 1. The summed E-state index contributed by atoms with van der Waals surface area (Å²) in [6.07, 6.45) is 1.19. The Morgan fingerprint density at radius 3 is 2.75 bits per heavy atom. The molecule has 12 heavy (non-hydrogen) atoms. The minimum absolute atomic E-state index is 0.0320. The summed E-state index contributed by atoms with van der Waals surface area (Å²) >= 11 is 0. The van der Waals surface area contributed by atoms with Crippen molar-refractivity contribution in [3.63, 3.8) is 0 Å². The lowest BCUT2D eigenvalue weighted by Gasteiger charge is -2.33. The van der Waals surface area contributed by atoms with Crippen LogP contribution >= 0.6 is 0 Å². The Morgan fingerprint density at radius 1 is 1.50 bits per heavy atom. The number of ether oxygens (including phenoxy) is 1. The number of amides is 1. The van der Waals surface area contributed by atoms with E-state index in [9.17, 15) is 4.79 Å². The predicted octanol–water partition coefficient (Wildman–Crippen LogP) is 0.936. The molecule has 0 saturated carbocycles. The molecule has 1 aliphatic heterocycles. The second-order valence-electron chi connectivity index (χ2n) is 3.69. The van der Waals surface area contributed by atoms with Crippen LogP contribution in [0.25, 0.3) is 0 Å². The van der Waals surface area contributed by atoms with Crippen LogP contribution in [0.5, 0.6) is 0 Å². The average molecular weight is 171 g/mol. The van der Waals surface area contributed by atoms with Gasteiger partial charge < -0.3 is 10.1 Å². The molecule has 3 heteroatoms. The number of carbonyl (C=O) groups is 1. The standard InChI is InChI=1S/C9H17NO2/c1-6-4-9(10-8(3)11)7(2)12-5-6/h6-7,9H,4-5H2,1-3H3,(H,10,11). The van der Waals surface area contributed by atoms with Gasteiger partial charge in [-0.3, -0.25) is 4.79 Å². The molecular formula is C9H17NO2. The van der Waals surface area contributed by atoms with E-state index in [-0.39, 0.29) is 18.1 Å². The Morgan fingerprint density at radius 2 is 2.17 bits per heavy atom. The Kier molecular flexibility index (Phi) is 3.09. The fourth-order valence-electron chi connectivity index (χ4n) is 1.56. The molecule has 3 unspecified atom stereocenters. The minimum Gasteiger partial charge on any atom is -0.376 e. The molecule has 1 N–H and O–H groups in total. The predicted molar refractivity (Wildman–Crippen MR) is 46.8 cm³/mol. The summed E-state index contributed by atoms with van der Waals surface area (Å²) in [5.41, 5.74) is 0. The van der Waals surface area contributed by atoms with E-state index in [0.29, 0.717) is 5.92 Å². The topological polar surface area (TPSA) is 38.3 Å². The normalized spacial score (nSPS) is 36.1. The molecule has 70 valence electrons. The molecule has 0 aliphatic carbocycles. The van der Waals surface area contributed by atoms with Crippen molar-refractivity contribution in [1.82, 2.24) is 5.32 Å². The molecule has 1 aliphatic rings. The molecule has 0 radical (unpaired) electrons. The second kappa shape index (κ2) is 3.90. The second-order valence-corrected chi connectivity index (χ2v) is 3.69. The molecule has 0 spiro atoms. The van der Waals surface area contributed by atoms with Crippen LogP contribution in [-0.2, 0) is 9.53 Å². The lowest BCUT2D eigenvalue weighted by molar-refractivity contribution is -0.122. The summed E-state index contributed by atoms with van der Waals surface area (Å²) in [5, 5.41) is 2.90. The van der Waals surface area contributed by atoms with Gasteiger partial charge in [0.2, 0.25) is 5.91 Å². The fourth-order valence-corrected chi connectivity index (χ4v) is 1.56. The third-order valence-electron chi connectivity index (χ3n) is 2.26. The lowest BCUT2D eigenvalue weighted by Crippen LogP contribution is -2.47. The molecule has 0 aromatic carbocycles. The van der Waals surface area contributed by atoms with E-state index in [2.05, 4.69) is 12.2 Å². The zero-order chi connectivity index (χ0) is 9.14. The molecule has 3 nitrogen and oxygen atoms in total. The number of hydrogen-bond donors (Lipinski definition) is 1. The molecule has 1 amide bonds. The quantitative estimate of drug-likeness (QED) is 0.637. The minimum atomic E-state index is 0.0320. The Balaban J connectivity index is 2.43. The first-order valence-corrected chi connectivity index (χ1v) is 4.48. The molecule has 1 saturated heterocycles. The third-order valence-corrected chi connectivity index (χ3v) is 2.26. The highest BCUT2D eigenvalue weighted by Crippen LogP contribution is 2.18. The van der Waals surface area contributed by atoms with Crippen molar-refractivity contribution in [3.8, 4) is 0 Å². The van der Waals surface area contributed by atoms with Crippen molar-refractivity contribution in [3.05, 3.63) is 0 Å². The highest BCUT2D eigenvalue weighted by atomic mass is 16.5. The van der Waals surface area contributed by atoms with Gasteiger partial charge in [-0.15, -0.1) is 0 Å². The van der Waals surface area contributed by atoms with E-state index >= 15 is 0 Å². The van der Waals surface area contributed by atoms with Crippen molar-refractivity contribution in [1.29, 1.82) is 0 Å². The van der Waals surface area contributed by atoms with Gasteiger partial charge in [0.05, 0.1) is 12.1 Å². The lowest BCUT2D eigenvalue weighted by atomic mass is 9.96. The summed E-state index contributed by atoms with van der Waals surface area (Å²) in [4.78, 5) is 10.8. The van der Waals surface area contributed by atoms with E-state index in [1.165, 1.54) is 0 Å². The molecule has 1 fully saturated rings. The van der Waals surface area contributed by atoms with E-state index in [1.54, 1.807) is 6.92 Å². The molecule has 3 atom stereocenters. The molecule has 1 heterocycles. The first kappa shape index (κ1) is 9.52. The van der Waals surface area contributed by atoms with Gasteiger partial charge in [-0.25, -0.2) is 0 Å². The van der Waals surface area contributed by atoms with Crippen LogP contribution in [-0.4, -0.2) is 24.7 Å². The van der Waals surface area contributed by atoms with Gasteiger partial charge in [-0.1, -0.05) is 6.92 Å². The van der Waals surface area contributed by atoms with Crippen molar-refractivity contribution in [2.45, 2.75) is 39.3 Å². The number of nitrogens with one attached hydrogen (secondary N) is 1. The summed E-state index contributed by atoms with van der Waals surface area (Å²) in [6.45, 7) is 6.51. The van der Waals surface area contributed by atoms with Crippen LogP contribution in [0, 0.1) is 5.92 Å². The average Bonchev–Trinajstić information content (AvgIpc) is 1.96. The highest BCUT2D eigenvalue weighted by molar-refractivity contribution is 5.73. The number of rotatable bonds is 1. The maximum atomic E-state index is 10.8. The van der Waals surface area contributed by atoms with E-state index in [1.807, 2.05) is 6.92 Å². The molecule has 0 aromatic rings. The Bertz CT molecular complexity index is 170. The van der Waals surface area contributed by atoms with Gasteiger partial charge in [-0.2, -0.15) is 0 Å². The largest absolute Gasteiger partial charge is 0.376 e. The molecule has 1 rings (SSSR count). The maximum absolute atomic E-state index is 10.8. The zero-order valence-corrected chi connectivity index (χ0v) is 7.96. The summed E-state index contributed by atoms with van der Waals surface area (Å²) < 4.78 is 5.49. The molecular weight excluding hydrogens is 154 g/mol. The van der Waals surface area contributed by atoms with Crippen LogP contribution in [0.3, 0.4) is 0 Å². The van der Waals surface area contributed by atoms with Crippen molar-refractivity contribution in [2.75, 3.05) is 6.61 Å². The smallest absolute Gasteiger partial charge is 0.217 e. The summed E-state index contributed by atoms with van der Waals surface area (Å²) in [7, 11) is 0. The van der Waals surface area contributed by atoms with Gasteiger partial charge in [0.1, 0.15) is 0 Å². The zero-order valence-electron chi connectivity index (χ0n) is 7.96. The fraction of sp³-hybridized carbons (Fsp3) is 0.889. The first-order chi connectivity index (χ1) is 5.59.